The molecule has 0 heterocycles. The van der Waals surface area contributed by atoms with Gasteiger partial charge in [0.1, 0.15) is 0 Å². The van der Waals surface area contributed by atoms with Crippen molar-refractivity contribution in [1.29, 1.82) is 0 Å². The molecule has 1 aromatic carbocycles. The number of nitrogens with zero attached hydrogens (tertiary/aromatic N) is 2. The number of sulfonamides is 1. The Kier molecular flexibility index (Phi) is 5.07. The predicted molar refractivity (Wildman–Crippen MR) is 74.1 cm³/mol. The summed E-state index contributed by atoms with van der Waals surface area (Å²) in [5.74, 6) is -0.556. The van der Waals surface area contributed by atoms with E-state index in [1.165, 1.54) is 11.4 Å². The first kappa shape index (κ1) is 16.4. The topological polar surface area (TPSA) is 101 Å². The Morgan fingerprint density at radius 3 is 2.35 bits per heavy atom. The zero-order valence-corrected chi connectivity index (χ0v) is 12.4. The molecule has 0 amide bonds. The summed E-state index contributed by atoms with van der Waals surface area (Å²) in [5.41, 5.74) is -0.621. The van der Waals surface area contributed by atoms with Crippen molar-refractivity contribution in [3.8, 4) is 5.75 Å². The molecule has 112 valence electrons. The lowest BCUT2D eigenvalue weighted by Crippen LogP contribution is -2.36. The number of nitro benzene ring substituents is 1. The van der Waals surface area contributed by atoms with Crippen molar-refractivity contribution < 1.29 is 18.4 Å². The molecule has 0 spiro atoms. The molecule has 0 fully saturated rings. The van der Waals surface area contributed by atoms with Crippen LogP contribution in [0.3, 0.4) is 0 Å². The summed E-state index contributed by atoms with van der Waals surface area (Å²) >= 11 is 0. The molecule has 8 heteroatoms. The lowest BCUT2D eigenvalue weighted by molar-refractivity contribution is -0.386. The van der Waals surface area contributed by atoms with Crippen LogP contribution in [0.15, 0.2) is 23.1 Å². The Morgan fingerprint density at radius 1 is 1.35 bits per heavy atom. The van der Waals surface area contributed by atoms with E-state index in [9.17, 15) is 23.6 Å². The third kappa shape index (κ3) is 3.07. The van der Waals surface area contributed by atoms with Gasteiger partial charge in [0.2, 0.25) is 10.0 Å². The number of hydrogen-bond acceptors (Lipinski definition) is 5. The fourth-order valence-corrected chi connectivity index (χ4v) is 3.50. The zero-order chi connectivity index (χ0) is 15.5. The standard InChI is InChI=1S/C12H18N2O5S/c1-4-9(5-2)13(3)20(18,19)10-6-7-12(15)11(8-10)14(16)17/h6-9,15H,4-5H2,1-3H3. The summed E-state index contributed by atoms with van der Waals surface area (Å²) < 4.78 is 26.0. The van der Waals surface area contributed by atoms with Gasteiger partial charge in [0.05, 0.1) is 9.82 Å². The van der Waals surface area contributed by atoms with Crippen molar-refractivity contribution in [3.63, 3.8) is 0 Å². The van der Waals surface area contributed by atoms with Gasteiger partial charge in [0, 0.05) is 19.2 Å². The second kappa shape index (κ2) is 6.19. The van der Waals surface area contributed by atoms with Crippen LogP contribution in [0.2, 0.25) is 0 Å². The van der Waals surface area contributed by atoms with Crippen LogP contribution < -0.4 is 0 Å². The van der Waals surface area contributed by atoms with Crippen molar-refractivity contribution in [2.75, 3.05) is 7.05 Å². The van der Waals surface area contributed by atoms with E-state index in [0.717, 1.165) is 18.2 Å². The molecule has 1 N–H and O–H groups in total. The van der Waals surface area contributed by atoms with Crippen LogP contribution in [0.4, 0.5) is 5.69 Å². The zero-order valence-electron chi connectivity index (χ0n) is 11.6. The van der Waals surface area contributed by atoms with Crippen LogP contribution in [0.25, 0.3) is 0 Å². The van der Waals surface area contributed by atoms with E-state index < -0.39 is 26.4 Å². The van der Waals surface area contributed by atoms with Gasteiger partial charge in [-0.3, -0.25) is 10.1 Å². The van der Waals surface area contributed by atoms with Crippen LogP contribution in [0.1, 0.15) is 26.7 Å². The lowest BCUT2D eigenvalue weighted by Gasteiger charge is -2.25. The molecule has 0 bridgehead atoms. The third-order valence-electron chi connectivity index (χ3n) is 3.28. The Balaban J connectivity index is 3.29. The SMILES string of the molecule is CCC(CC)N(C)S(=O)(=O)c1ccc(O)c([N+](=O)[O-])c1. The number of hydrogen-bond donors (Lipinski definition) is 1. The minimum absolute atomic E-state index is 0.173. The van der Waals surface area contributed by atoms with Crippen LogP contribution in [-0.4, -0.2) is 35.8 Å². The maximum absolute atomic E-state index is 12.4. The molecule has 0 unspecified atom stereocenters. The van der Waals surface area contributed by atoms with E-state index in [4.69, 9.17) is 0 Å². The molecule has 7 nitrogen and oxygen atoms in total. The first-order chi connectivity index (χ1) is 9.25. The Hall–Kier alpha value is -1.67. The van der Waals surface area contributed by atoms with Gasteiger partial charge in [-0.25, -0.2) is 8.42 Å². The van der Waals surface area contributed by atoms with E-state index in [1.54, 1.807) is 0 Å². The number of nitro groups is 1. The summed E-state index contributed by atoms with van der Waals surface area (Å²) in [7, 11) is -2.37. The minimum atomic E-state index is -3.82. The van der Waals surface area contributed by atoms with Gasteiger partial charge < -0.3 is 5.11 Å². The molecule has 1 aromatic rings. The molecule has 0 saturated carbocycles. The van der Waals surface area contributed by atoms with Crippen molar-refractivity contribution in [2.24, 2.45) is 0 Å². The lowest BCUT2D eigenvalue weighted by atomic mass is 10.2. The Morgan fingerprint density at radius 2 is 1.90 bits per heavy atom. The average molecular weight is 302 g/mol. The molecular weight excluding hydrogens is 284 g/mol. The average Bonchev–Trinajstić information content (AvgIpc) is 2.39. The summed E-state index contributed by atoms with van der Waals surface area (Å²) in [6.07, 6.45) is 1.29. The highest BCUT2D eigenvalue weighted by molar-refractivity contribution is 7.89. The molecule has 20 heavy (non-hydrogen) atoms. The van der Waals surface area contributed by atoms with Gasteiger partial charge in [-0.2, -0.15) is 4.31 Å². The van der Waals surface area contributed by atoms with Crippen LogP contribution >= 0.6 is 0 Å². The monoisotopic (exact) mass is 302 g/mol. The van der Waals surface area contributed by atoms with Crippen molar-refractivity contribution in [1.82, 2.24) is 4.31 Å². The van der Waals surface area contributed by atoms with Gasteiger partial charge in [0.15, 0.2) is 5.75 Å². The molecule has 0 aliphatic carbocycles. The summed E-state index contributed by atoms with van der Waals surface area (Å²) in [5, 5.41) is 20.1. The van der Waals surface area contributed by atoms with Crippen LogP contribution in [0, 0.1) is 10.1 Å². The second-order valence-corrected chi connectivity index (χ2v) is 6.40. The van der Waals surface area contributed by atoms with E-state index >= 15 is 0 Å². The van der Waals surface area contributed by atoms with Crippen molar-refractivity contribution in [2.45, 2.75) is 37.6 Å². The van der Waals surface area contributed by atoms with Crippen molar-refractivity contribution >= 4 is 15.7 Å². The quantitative estimate of drug-likeness (QED) is 0.640. The number of aromatic hydroxyl groups is 1. The molecular formula is C12H18N2O5S. The fraction of sp³-hybridized carbons (Fsp3) is 0.500. The molecule has 1 rings (SSSR count). The number of rotatable bonds is 6. The van der Waals surface area contributed by atoms with E-state index in [2.05, 4.69) is 0 Å². The van der Waals surface area contributed by atoms with Gasteiger partial charge in [-0.15, -0.1) is 0 Å². The van der Waals surface area contributed by atoms with Crippen LogP contribution in [-0.2, 0) is 10.0 Å². The normalized spacial score (nSPS) is 12.1. The fourth-order valence-electron chi connectivity index (χ4n) is 1.98. The summed E-state index contributed by atoms with van der Waals surface area (Å²) in [6, 6.07) is 2.89. The predicted octanol–water partition coefficient (Wildman–Crippen LogP) is 2.11. The first-order valence-corrected chi connectivity index (χ1v) is 7.65. The Labute approximate surface area is 118 Å². The molecule has 0 atom stereocenters. The number of phenols is 1. The third-order valence-corrected chi connectivity index (χ3v) is 5.18. The van der Waals surface area contributed by atoms with Gasteiger partial charge >= 0.3 is 5.69 Å². The molecule has 0 radical (unpaired) electrons. The maximum Gasteiger partial charge on any atom is 0.312 e. The molecule has 0 aliphatic rings. The van der Waals surface area contributed by atoms with E-state index in [0.29, 0.717) is 12.8 Å². The maximum atomic E-state index is 12.4. The largest absolute Gasteiger partial charge is 0.502 e. The highest BCUT2D eigenvalue weighted by atomic mass is 32.2. The Bertz CT molecular complexity index is 596. The second-order valence-electron chi connectivity index (χ2n) is 4.40. The van der Waals surface area contributed by atoms with Gasteiger partial charge in [-0.05, 0) is 25.0 Å². The summed E-state index contributed by atoms with van der Waals surface area (Å²) in [6.45, 7) is 3.75. The van der Waals surface area contributed by atoms with Crippen molar-refractivity contribution in [3.05, 3.63) is 28.3 Å². The molecule has 0 aromatic heterocycles. The number of benzene rings is 1. The molecule has 0 saturated heterocycles. The number of phenolic OH excluding ortho intramolecular Hbond substituents is 1. The highest BCUT2D eigenvalue weighted by Crippen LogP contribution is 2.30. The smallest absolute Gasteiger partial charge is 0.312 e. The molecule has 0 aliphatic heterocycles. The van der Waals surface area contributed by atoms with Crippen LogP contribution in [0.5, 0.6) is 5.75 Å². The van der Waals surface area contributed by atoms with Gasteiger partial charge in [0.25, 0.3) is 0 Å². The first-order valence-electron chi connectivity index (χ1n) is 6.21. The van der Waals surface area contributed by atoms with Gasteiger partial charge in [-0.1, -0.05) is 13.8 Å². The summed E-state index contributed by atoms with van der Waals surface area (Å²) in [4.78, 5) is 9.74. The highest BCUT2D eigenvalue weighted by Gasteiger charge is 2.28. The minimum Gasteiger partial charge on any atom is -0.502 e. The van der Waals surface area contributed by atoms with E-state index in [-0.39, 0.29) is 10.9 Å². The van der Waals surface area contributed by atoms with E-state index in [1.807, 2.05) is 13.8 Å².